The average Bonchev–Trinajstić information content (AvgIpc) is 3.24. The van der Waals surface area contributed by atoms with Gasteiger partial charge in [-0.3, -0.25) is 0 Å². The number of phenols is 1. The Balaban J connectivity index is 1.76. The van der Waals surface area contributed by atoms with Gasteiger partial charge >= 0.3 is 0 Å². The standard InChI is InChI=1S/C24H26N2O4/c1-28-20-9-5-18(6-10-20)25-14-15-26(19-7-11-21(29-2)12-8-19)24(25)17-4-13-22(27)23(16-17)30-3/h4-13,16,24,27H,14-15H2,1-3H3. The summed E-state index contributed by atoms with van der Waals surface area (Å²) < 4.78 is 16.0. The van der Waals surface area contributed by atoms with Gasteiger partial charge in [0.2, 0.25) is 0 Å². The third-order valence-electron chi connectivity index (χ3n) is 5.48. The van der Waals surface area contributed by atoms with Crippen LogP contribution >= 0.6 is 0 Å². The van der Waals surface area contributed by atoms with Gasteiger partial charge < -0.3 is 29.1 Å². The Hall–Kier alpha value is -3.54. The van der Waals surface area contributed by atoms with Gasteiger partial charge in [-0.05, 0) is 66.2 Å². The van der Waals surface area contributed by atoms with Gasteiger partial charge in [-0.2, -0.15) is 0 Å². The molecule has 1 aliphatic heterocycles. The van der Waals surface area contributed by atoms with E-state index in [1.54, 1.807) is 27.4 Å². The van der Waals surface area contributed by atoms with Crippen molar-refractivity contribution in [1.82, 2.24) is 0 Å². The SMILES string of the molecule is COc1ccc(N2CCN(c3ccc(OC)cc3)C2c2ccc(O)c(OC)c2)cc1. The number of anilines is 2. The maximum Gasteiger partial charge on any atom is 0.160 e. The van der Waals surface area contributed by atoms with Crippen molar-refractivity contribution in [2.45, 2.75) is 6.17 Å². The molecule has 0 amide bonds. The van der Waals surface area contributed by atoms with Crippen LogP contribution in [0.3, 0.4) is 0 Å². The smallest absolute Gasteiger partial charge is 0.160 e. The molecule has 0 bridgehead atoms. The lowest BCUT2D eigenvalue weighted by molar-refractivity contribution is 0.372. The summed E-state index contributed by atoms with van der Waals surface area (Å²) in [5.41, 5.74) is 3.24. The van der Waals surface area contributed by atoms with Crippen molar-refractivity contribution in [1.29, 1.82) is 0 Å². The van der Waals surface area contributed by atoms with Gasteiger partial charge in [0.25, 0.3) is 0 Å². The number of nitrogens with zero attached hydrogens (tertiary/aromatic N) is 2. The van der Waals surface area contributed by atoms with Crippen LogP contribution in [-0.4, -0.2) is 39.5 Å². The number of hydrogen-bond acceptors (Lipinski definition) is 6. The fraction of sp³-hybridized carbons (Fsp3) is 0.250. The largest absolute Gasteiger partial charge is 0.504 e. The second-order valence-corrected chi connectivity index (χ2v) is 7.09. The summed E-state index contributed by atoms with van der Waals surface area (Å²) in [7, 11) is 4.90. The second kappa shape index (κ2) is 8.45. The summed E-state index contributed by atoms with van der Waals surface area (Å²) in [5, 5.41) is 10.1. The lowest BCUT2D eigenvalue weighted by atomic mass is 10.1. The summed E-state index contributed by atoms with van der Waals surface area (Å²) in [6.07, 6.45) is -0.0544. The van der Waals surface area contributed by atoms with E-state index in [0.29, 0.717) is 5.75 Å². The van der Waals surface area contributed by atoms with E-state index in [9.17, 15) is 5.11 Å². The molecule has 0 spiro atoms. The van der Waals surface area contributed by atoms with Crippen LogP contribution in [0.2, 0.25) is 0 Å². The normalized spacial score (nSPS) is 14.1. The van der Waals surface area contributed by atoms with Crippen molar-refractivity contribution in [3.8, 4) is 23.0 Å². The molecule has 0 unspecified atom stereocenters. The zero-order chi connectivity index (χ0) is 21.1. The topological polar surface area (TPSA) is 54.4 Å². The van der Waals surface area contributed by atoms with E-state index < -0.39 is 0 Å². The average molecular weight is 406 g/mol. The highest BCUT2D eigenvalue weighted by Crippen LogP contribution is 2.40. The molecule has 0 aromatic heterocycles. The number of benzene rings is 3. The van der Waals surface area contributed by atoms with Gasteiger partial charge in [-0.15, -0.1) is 0 Å². The van der Waals surface area contributed by atoms with Gasteiger partial charge in [0, 0.05) is 24.5 Å². The molecule has 1 aliphatic rings. The van der Waals surface area contributed by atoms with E-state index in [1.807, 2.05) is 36.4 Å². The molecule has 0 atom stereocenters. The summed E-state index contributed by atoms with van der Waals surface area (Å²) in [6, 6.07) is 21.7. The van der Waals surface area contributed by atoms with E-state index in [-0.39, 0.29) is 11.9 Å². The van der Waals surface area contributed by atoms with E-state index >= 15 is 0 Å². The fourth-order valence-electron chi connectivity index (χ4n) is 3.93. The molecule has 1 heterocycles. The maximum atomic E-state index is 10.1. The molecular weight excluding hydrogens is 380 g/mol. The van der Waals surface area contributed by atoms with Crippen LogP contribution in [0.15, 0.2) is 66.7 Å². The number of rotatable bonds is 6. The highest BCUT2D eigenvalue weighted by atomic mass is 16.5. The van der Waals surface area contributed by atoms with Crippen molar-refractivity contribution in [3.05, 3.63) is 72.3 Å². The van der Waals surface area contributed by atoms with Crippen molar-refractivity contribution in [3.63, 3.8) is 0 Å². The molecule has 3 aromatic carbocycles. The molecule has 1 fully saturated rings. The molecule has 156 valence electrons. The monoisotopic (exact) mass is 406 g/mol. The number of ether oxygens (including phenoxy) is 3. The summed E-state index contributed by atoms with van der Waals surface area (Å²) >= 11 is 0. The van der Waals surface area contributed by atoms with E-state index in [0.717, 1.165) is 41.5 Å². The van der Waals surface area contributed by atoms with Crippen LogP contribution in [-0.2, 0) is 0 Å². The van der Waals surface area contributed by atoms with Crippen molar-refractivity contribution >= 4 is 11.4 Å². The Bertz CT molecular complexity index is 934. The van der Waals surface area contributed by atoms with Gasteiger partial charge in [0.1, 0.15) is 17.7 Å². The molecule has 0 radical (unpaired) electrons. The van der Waals surface area contributed by atoms with Crippen molar-refractivity contribution < 1.29 is 19.3 Å². The minimum atomic E-state index is -0.0544. The number of hydrogen-bond donors (Lipinski definition) is 1. The molecule has 6 heteroatoms. The minimum Gasteiger partial charge on any atom is -0.504 e. The lowest BCUT2D eigenvalue weighted by Crippen LogP contribution is -2.30. The highest BCUT2D eigenvalue weighted by Gasteiger charge is 2.34. The van der Waals surface area contributed by atoms with Crippen LogP contribution in [0, 0.1) is 0 Å². The molecule has 3 aromatic rings. The van der Waals surface area contributed by atoms with Gasteiger partial charge in [0.15, 0.2) is 11.5 Å². The maximum absolute atomic E-state index is 10.1. The van der Waals surface area contributed by atoms with Gasteiger partial charge in [-0.1, -0.05) is 6.07 Å². The molecule has 1 N–H and O–H groups in total. The lowest BCUT2D eigenvalue weighted by Gasteiger charge is -2.33. The second-order valence-electron chi connectivity index (χ2n) is 7.09. The number of aromatic hydroxyl groups is 1. The highest BCUT2D eigenvalue weighted by molar-refractivity contribution is 5.61. The van der Waals surface area contributed by atoms with Gasteiger partial charge in [-0.25, -0.2) is 0 Å². The quantitative estimate of drug-likeness (QED) is 0.653. The zero-order valence-electron chi connectivity index (χ0n) is 17.4. The van der Waals surface area contributed by atoms with E-state index in [4.69, 9.17) is 14.2 Å². The Morgan fingerprint density at radius 2 is 1.20 bits per heavy atom. The van der Waals surface area contributed by atoms with E-state index in [1.165, 1.54) is 0 Å². The van der Waals surface area contributed by atoms with Crippen LogP contribution in [0.1, 0.15) is 11.7 Å². The first kappa shape index (κ1) is 19.8. The number of methoxy groups -OCH3 is 3. The number of phenolic OH excluding ortho intramolecular Hbond substituents is 1. The first-order valence-electron chi connectivity index (χ1n) is 9.83. The third-order valence-corrected chi connectivity index (χ3v) is 5.48. The van der Waals surface area contributed by atoms with Gasteiger partial charge in [0.05, 0.1) is 21.3 Å². The summed E-state index contributed by atoms with van der Waals surface area (Å²) in [5.74, 6) is 2.25. The predicted octanol–water partition coefficient (Wildman–Crippen LogP) is 4.44. The van der Waals surface area contributed by atoms with Crippen LogP contribution < -0.4 is 24.0 Å². The Kier molecular flexibility index (Phi) is 5.57. The Morgan fingerprint density at radius 1 is 0.700 bits per heavy atom. The first-order chi connectivity index (χ1) is 14.6. The van der Waals surface area contributed by atoms with Crippen LogP contribution in [0.5, 0.6) is 23.0 Å². The molecule has 0 saturated carbocycles. The molecule has 1 saturated heterocycles. The molecular formula is C24H26N2O4. The summed E-state index contributed by atoms with van der Waals surface area (Å²) in [4.78, 5) is 4.69. The first-order valence-corrected chi connectivity index (χ1v) is 9.83. The molecule has 30 heavy (non-hydrogen) atoms. The van der Waals surface area contributed by atoms with Crippen LogP contribution in [0.25, 0.3) is 0 Å². The Morgan fingerprint density at radius 3 is 1.63 bits per heavy atom. The fourth-order valence-corrected chi connectivity index (χ4v) is 3.93. The van der Waals surface area contributed by atoms with E-state index in [2.05, 4.69) is 34.1 Å². The summed E-state index contributed by atoms with van der Waals surface area (Å²) in [6.45, 7) is 1.71. The minimum absolute atomic E-state index is 0.0544. The predicted molar refractivity (Wildman–Crippen MR) is 118 cm³/mol. The molecule has 4 rings (SSSR count). The van der Waals surface area contributed by atoms with Crippen molar-refractivity contribution in [2.75, 3.05) is 44.2 Å². The zero-order valence-corrected chi connectivity index (χ0v) is 17.4. The molecule has 0 aliphatic carbocycles. The van der Waals surface area contributed by atoms with Crippen molar-refractivity contribution in [2.24, 2.45) is 0 Å². The Labute approximate surface area is 176 Å². The molecule has 6 nitrogen and oxygen atoms in total. The third kappa shape index (κ3) is 3.68. The van der Waals surface area contributed by atoms with Crippen LogP contribution in [0.4, 0.5) is 11.4 Å².